The second-order valence-electron chi connectivity index (χ2n) is 3.95. The highest BCUT2D eigenvalue weighted by Gasteiger charge is 2.21. The zero-order valence-electron chi connectivity index (χ0n) is 10.2. The number of nitrogens with zero attached hydrogens (tertiary/aromatic N) is 2. The zero-order valence-corrected chi connectivity index (χ0v) is 11.0. The molecule has 102 valence electrons. The van der Waals surface area contributed by atoms with Crippen LogP contribution < -0.4 is 4.72 Å². The highest BCUT2D eigenvalue weighted by molar-refractivity contribution is 7.92. The summed E-state index contributed by atoms with van der Waals surface area (Å²) >= 11 is 0. The van der Waals surface area contributed by atoms with Crippen LogP contribution in [0.15, 0.2) is 29.3 Å². The maximum Gasteiger partial charge on any atom is 0.265 e. The van der Waals surface area contributed by atoms with E-state index in [0.29, 0.717) is 5.69 Å². The molecule has 0 amide bonds. The first-order valence-electron chi connectivity index (χ1n) is 5.28. The van der Waals surface area contributed by atoms with Gasteiger partial charge in [-0.15, -0.1) is 0 Å². The summed E-state index contributed by atoms with van der Waals surface area (Å²) < 4.78 is 53.9. The standard InChI is InChI=1S/C11H11F2N3O2S/c1-7-11(6-14-16(7)2)19(17,18)15-10-5-8(12)3-4-9(10)13/h3-6,15H,1-2H3. The summed E-state index contributed by atoms with van der Waals surface area (Å²) in [6.45, 7) is 1.56. The number of sulfonamides is 1. The van der Waals surface area contributed by atoms with E-state index in [1.807, 2.05) is 4.72 Å². The summed E-state index contributed by atoms with van der Waals surface area (Å²) in [5.41, 5.74) is -0.0486. The Hall–Kier alpha value is -1.96. The second kappa shape index (κ2) is 4.61. The molecule has 2 rings (SSSR count). The molecule has 0 fully saturated rings. The van der Waals surface area contributed by atoms with Crippen LogP contribution in [0.25, 0.3) is 0 Å². The van der Waals surface area contributed by atoms with E-state index >= 15 is 0 Å². The maximum absolute atomic E-state index is 13.4. The Labute approximate surface area is 108 Å². The van der Waals surface area contributed by atoms with Crippen molar-refractivity contribution >= 4 is 15.7 Å². The van der Waals surface area contributed by atoms with E-state index in [1.165, 1.54) is 4.68 Å². The lowest BCUT2D eigenvalue weighted by atomic mass is 10.3. The molecule has 0 saturated heterocycles. The lowest BCUT2D eigenvalue weighted by molar-refractivity contribution is 0.593. The van der Waals surface area contributed by atoms with Gasteiger partial charge in [-0.2, -0.15) is 5.10 Å². The minimum absolute atomic E-state index is 0.0846. The lowest BCUT2D eigenvalue weighted by Gasteiger charge is -2.08. The van der Waals surface area contributed by atoms with Gasteiger partial charge in [0.2, 0.25) is 0 Å². The molecule has 1 aromatic heterocycles. The summed E-state index contributed by atoms with van der Waals surface area (Å²) in [5.74, 6) is -1.59. The number of benzene rings is 1. The van der Waals surface area contributed by atoms with Crippen molar-refractivity contribution in [1.82, 2.24) is 9.78 Å². The SMILES string of the molecule is Cc1c(S(=O)(=O)Nc2cc(F)ccc2F)cnn1C. The lowest BCUT2D eigenvalue weighted by Crippen LogP contribution is -2.15. The average Bonchev–Trinajstić information content (AvgIpc) is 2.65. The monoisotopic (exact) mass is 287 g/mol. The van der Waals surface area contributed by atoms with E-state index < -0.39 is 27.3 Å². The van der Waals surface area contributed by atoms with Gasteiger partial charge < -0.3 is 0 Å². The van der Waals surface area contributed by atoms with Crippen LogP contribution in [0.3, 0.4) is 0 Å². The molecule has 19 heavy (non-hydrogen) atoms. The van der Waals surface area contributed by atoms with Crippen molar-refractivity contribution < 1.29 is 17.2 Å². The molecule has 0 aliphatic carbocycles. The molecular formula is C11H11F2N3O2S. The van der Waals surface area contributed by atoms with Crippen LogP contribution >= 0.6 is 0 Å². The van der Waals surface area contributed by atoms with Crippen LogP contribution in [0, 0.1) is 18.6 Å². The van der Waals surface area contributed by atoms with Gasteiger partial charge in [-0.25, -0.2) is 17.2 Å². The Morgan fingerprint density at radius 3 is 2.58 bits per heavy atom. The average molecular weight is 287 g/mol. The molecule has 0 saturated carbocycles. The van der Waals surface area contributed by atoms with Crippen molar-refractivity contribution in [2.24, 2.45) is 7.05 Å². The third kappa shape index (κ3) is 2.58. The van der Waals surface area contributed by atoms with Gasteiger partial charge in [-0.05, 0) is 19.1 Å². The molecule has 1 heterocycles. The van der Waals surface area contributed by atoms with E-state index in [0.717, 1.165) is 24.4 Å². The molecule has 0 atom stereocenters. The van der Waals surface area contributed by atoms with Gasteiger partial charge in [0.05, 0.1) is 17.6 Å². The number of hydrogen-bond acceptors (Lipinski definition) is 3. The number of halogens is 2. The van der Waals surface area contributed by atoms with Crippen LogP contribution in [0.5, 0.6) is 0 Å². The van der Waals surface area contributed by atoms with E-state index in [9.17, 15) is 17.2 Å². The van der Waals surface area contributed by atoms with Crippen molar-refractivity contribution in [3.63, 3.8) is 0 Å². The fourth-order valence-corrected chi connectivity index (χ4v) is 2.78. The third-order valence-corrected chi connectivity index (χ3v) is 4.12. The van der Waals surface area contributed by atoms with Crippen molar-refractivity contribution in [2.75, 3.05) is 4.72 Å². The van der Waals surface area contributed by atoms with Gasteiger partial charge in [0.25, 0.3) is 10.0 Å². The highest BCUT2D eigenvalue weighted by Crippen LogP contribution is 2.21. The first kappa shape index (κ1) is 13.5. The number of nitrogens with one attached hydrogen (secondary N) is 1. The van der Waals surface area contributed by atoms with E-state index in [-0.39, 0.29) is 4.90 Å². The highest BCUT2D eigenvalue weighted by atomic mass is 32.2. The van der Waals surface area contributed by atoms with Crippen molar-refractivity contribution in [3.05, 3.63) is 41.7 Å². The van der Waals surface area contributed by atoms with Crippen molar-refractivity contribution in [3.8, 4) is 0 Å². The quantitative estimate of drug-likeness (QED) is 0.936. The topological polar surface area (TPSA) is 64.0 Å². The Morgan fingerprint density at radius 2 is 2.00 bits per heavy atom. The molecule has 0 aliphatic heterocycles. The molecule has 0 radical (unpaired) electrons. The van der Waals surface area contributed by atoms with Crippen LogP contribution in [0.1, 0.15) is 5.69 Å². The zero-order chi connectivity index (χ0) is 14.2. The van der Waals surface area contributed by atoms with Crippen molar-refractivity contribution in [1.29, 1.82) is 0 Å². The van der Waals surface area contributed by atoms with E-state index in [4.69, 9.17) is 0 Å². The number of hydrogen-bond donors (Lipinski definition) is 1. The smallest absolute Gasteiger partial charge is 0.265 e. The van der Waals surface area contributed by atoms with E-state index in [2.05, 4.69) is 5.10 Å². The number of anilines is 1. The summed E-state index contributed by atoms with van der Waals surface area (Å²) in [6, 6.07) is 2.53. The molecule has 0 bridgehead atoms. The molecule has 0 aliphatic rings. The van der Waals surface area contributed by atoms with Gasteiger partial charge in [0.15, 0.2) is 0 Å². The van der Waals surface area contributed by atoms with Gasteiger partial charge in [-0.3, -0.25) is 9.40 Å². The van der Waals surface area contributed by atoms with Gasteiger partial charge in [0.1, 0.15) is 16.5 Å². The molecule has 0 spiro atoms. The Kier molecular flexibility index (Phi) is 3.27. The number of aromatic nitrogens is 2. The summed E-state index contributed by atoms with van der Waals surface area (Å²) in [6.07, 6.45) is 1.15. The third-order valence-electron chi connectivity index (χ3n) is 2.65. The molecular weight excluding hydrogens is 276 g/mol. The Morgan fingerprint density at radius 1 is 1.32 bits per heavy atom. The Balaban J connectivity index is 2.42. The van der Waals surface area contributed by atoms with Gasteiger partial charge in [-0.1, -0.05) is 0 Å². The Bertz CT molecular complexity index is 726. The van der Waals surface area contributed by atoms with Crippen molar-refractivity contribution in [2.45, 2.75) is 11.8 Å². The van der Waals surface area contributed by atoms with Gasteiger partial charge in [0, 0.05) is 13.1 Å². The molecule has 5 nitrogen and oxygen atoms in total. The number of aryl methyl sites for hydroxylation is 1. The summed E-state index contributed by atoms with van der Waals surface area (Å²) in [7, 11) is -2.42. The first-order chi connectivity index (χ1) is 8.81. The number of rotatable bonds is 3. The first-order valence-corrected chi connectivity index (χ1v) is 6.76. The fourth-order valence-electron chi connectivity index (χ4n) is 1.52. The fraction of sp³-hybridized carbons (Fsp3) is 0.182. The normalized spacial score (nSPS) is 11.6. The second-order valence-corrected chi connectivity index (χ2v) is 5.60. The maximum atomic E-state index is 13.4. The van der Waals surface area contributed by atoms with Gasteiger partial charge >= 0.3 is 0 Å². The minimum Gasteiger partial charge on any atom is -0.276 e. The van der Waals surface area contributed by atoms with Crippen LogP contribution in [0.4, 0.5) is 14.5 Å². The summed E-state index contributed by atoms with van der Waals surface area (Å²) in [4.78, 5) is -0.0846. The van der Waals surface area contributed by atoms with Crippen LogP contribution in [-0.4, -0.2) is 18.2 Å². The molecule has 8 heteroatoms. The van der Waals surface area contributed by atoms with E-state index in [1.54, 1.807) is 14.0 Å². The molecule has 2 aromatic rings. The summed E-state index contributed by atoms with van der Waals surface area (Å²) in [5, 5.41) is 3.79. The van der Waals surface area contributed by atoms with Crippen LogP contribution in [0.2, 0.25) is 0 Å². The predicted octanol–water partition coefficient (Wildman–Crippen LogP) is 1.81. The van der Waals surface area contributed by atoms with Crippen LogP contribution in [-0.2, 0) is 17.1 Å². The largest absolute Gasteiger partial charge is 0.276 e. The minimum atomic E-state index is -4.00. The molecule has 0 unspecified atom stereocenters. The predicted molar refractivity (Wildman–Crippen MR) is 65.1 cm³/mol. The molecule has 1 aromatic carbocycles. The molecule has 1 N–H and O–H groups in total.